The summed E-state index contributed by atoms with van der Waals surface area (Å²) in [6, 6.07) is 3.73. The van der Waals surface area contributed by atoms with Gasteiger partial charge in [0.15, 0.2) is 11.5 Å². The Morgan fingerprint density at radius 3 is 2.83 bits per heavy atom. The molecule has 128 valence electrons. The molecule has 1 aliphatic heterocycles. The smallest absolute Gasteiger partial charge is 0.244 e. The number of thioether (sulfide) groups is 2. The van der Waals surface area contributed by atoms with Gasteiger partial charge in [-0.25, -0.2) is 4.99 Å². The van der Waals surface area contributed by atoms with E-state index >= 15 is 0 Å². The van der Waals surface area contributed by atoms with Gasteiger partial charge in [0.1, 0.15) is 16.7 Å². The molecule has 1 aliphatic rings. The highest BCUT2D eigenvalue weighted by molar-refractivity contribution is 9.10. The molecule has 0 N–H and O–H groups in total. The predicted octanol–water partition coefficient (Wildman–Crippen LogP) is 5.14. The maximum atomic E-state index is 12.1. The van der Waals surface area contributed by atoms with Crippen LogP contribution in [0.15, 0.2) is 39.9 Å². The van der Waals surface area contributed by atoms with Crippen molar-refractivity contribution in [3.05, 3.63) is 40.5 Å². The summed E-state index contributed by atoms with van der Waals surface area (Å²) in [7, 11) is 0. The number of carbonyl (C=O) groups is 1. The Kier molecular flexibility index (Phi) is 7.45. The van der Waals surface area contributed by atoms with Crippen LogP contribution in [0, 0.1) is 0 Å². The SMILES string of the molecule is C=CCOc1c(Br)cc(C=C2N=C(SCC)SC2=O)cc1OCC. The van der Waals surface area contributed by atoms with Crippen LogP contribution >= 0.6 is 39.5 Å². The molecule has 0 spiro atoms. The fraction of sp³-hybridized carbons (Fsp3) is 0.294. The van der Waals surface area contributed by atoms with Crippen molar-refractivity contribution >= 4 is 55.0 Å². The van der Waals surface area contributed by atoms with Crippen LogP contribution in [0.25, 0.3) is 6.08 Å². The minimum Gasteiger partial charge on any atom is -0.490 e. The third kappa shape index (κ3) is 4.91. The van der Waals surface area contributed by atoms with Crippen molar-refractivity contribution in [3.8, 4) is 11.5 Å². The number of carbonyl (C=O) groups excluding carboxylic acids is 1. The highest BCUT2D eigenvalue weighted by atomic mass is 79.9. The summed E-state index contributed by atoms with van der Waals surface area (Å²) in [4.78, 5) is 16.4. The Hall–Kier alpha value is -1.18. The molecule has 0 saturated carbocycles. The van der Waals surface area contributed by atoms with E-state index in [4.69, 9.17) is 9.47 Å². The van der Waals surface area contributed by atoms with Crippen molar-refractivity contribution in [1.82, 2.24) is 0 Å². The Bertz CT molecular complexity index is 701. The van der Waals surface area contributed by atoms with E-state index in [2.05, 4.69) is 27.5 Å². The van der Waals surface area contributed by atoms with Crippen LogP contribution in [-0.2, 0) is 4.79 Å². The molecule has 0 fully saturated rings. The fourth-order valence-corrected chi connectivity index (χ4v) is 4.26. The van der Waals surface area contributed by atoms with E-state index in [1.807, 2.05) is 26.0 Å². The standard InChI is InChI=1S/C17H18BrNO3S2/c1-4-7-22-15-12(18)8-11(10-14(15)21-5-2)9-13-16(20)24-17(19-13)23-6-3/h4,8-10H,1,5-7H2,2-3H3. The van der Waals surface area contributed by atoms with Gasteiger partial charge in [-0.05, 0) is 64.1 Å². The quantitative estimate of drug-likeness (QED) is 0.445. The first kappa shape index (κ1) is 19.1. The van der Waals surface area contributed by atoms with E-state index < -0.39 is 0 Å². The molecule has 0 unspecified atom stereocenters. The third-order valence-corrected chi connectivity index (χ3v) is 5.33. The zero-order chi connectivity index (χ0) is 17.5. The van der Waals surface area contributed by atoms with Crippen LogP contribution in [0.5, 0.6) is 11.5 Å². The van der Waals surface area contributed by atoms with Gasteiger partial charge in [-0.2, -0.15) is 0 Å². The van der Waals surface area contributed by atoms with Crippen molar-refractivity contribution in [1.29, 1.82) is 0 Å². The Balaban J connectivity index is 2.35. The Labute approximate surface area is 158 Å². The van der Waals surface area contributed by atoms with Crippen LogP contribution in [-0.4, -0.2) is 28.5 Å². The summed E-state index contributed by atoms with van der Waals surface area (Å²) < 4.78 is 12.9. The minimum absolute atomic E-state index is 0.0352. The molecule has 0 radical (unpaired) electrons. The lowest BCUT2D eigenvalue weighted by Gasteiger charge is -2.13. The first-order valence-electron chi connectivity index (χ1n) is 7.44. The van der Waals surface area contributed by atoms with E-state index in [0.717, 1.165) is 20.2 Å². The number of ether oxygens (including phenoxy) is 2. The highest BCUT2D eigenvalue weighted by Crippen LogP contribution is 2.38. The Morgan fingerprint density at radius 1 is 1.38 bits per heavy atom. The molecule has 0 aliphatic carbocycles. The van der Waals surface area contributed by atoms with Gasteiger partial charge in [0.25, 0.3) is 0 Å². The summed E-state index contributed by atoms with van der Waals surface area (Å²) in [6.07, 6.45) is 3.44. The number of hydrogen-bond donors (Lipinski definition) is 0. The summed E-state index contributed by atoms with van der Waals surface area (Å²) in [6.45, 7) is 8.49. The molecule has 2 rings (SSSR count). The first-order chi connectivity index (χ1) is 11.6. The lowest BCUT2D eigenvalue weighted by atomic mass is 10.1. The van der Waals surface area contributed by atoms with Gasteiger partial charge in [0.2, 0.25) is 5.12 Å². The second-order valence-corrected chi connectivity index (χ2v) is 7.92. The second-order valence-electron chi connectivity index (χ2n) is 4.59. The molecular weight excluding hydrogens is 410 g/mol. The number of benzene rings is 1. The van der Waals surface area contributed by atoms with Gasteiger partial charge in [0, 0.05) is 0 Å². The number of aliphatic imine (C=N–C) groups is 1. The molecule has 0 aromatic heterocycles. The molecule has 1 aromatic rings. The molecule has 0 bridgehead atoms. The maximum absolute atomic E-state index is 12.1. The van der Waals surface area contributed by atoms with Gasteiger partial charge in [-0.1, -0.05) is 31.3 Å². The molecule has 0 atom stereocenters. The molecular formula is C17H18BrNO3S2. The molecule has 0 saturated heterocycles. The molecule has 1 heterocycles. The largest absolute Gasteiger partial charge is 0.490 e. The van der Waals surface area contributed by atoms with E-state index in [1.54, 1.807) is 23.9 Å². The molecule has 4 nitrogen and oxygen atoms in total. The van der Waals surface area contributed by atoms with E-state index in [-0.39, 0.29) is 5.12 Å². The lowest BCUT2D eigenvalue weighted by molar-refractivity contribution is -0.107. The van der Waals surface area contributed by atoms with Crippen LogP contribution in [0.2, 0.25) is 0 Å². The van der Waals surface area contributed by atoms with Gasteiger partial charge in [-0.3, -0.25) is 4.79 Å². The zero-order valence-corrected chi connectivity index (χ0v) is 16.7. The van der Waals surface area contributed by atoms with E-state index in [9.17, 15) is 4.79 Å². The highest BCUT2D eigenvalue weighted by Gasteiger charge is 2.22. The monoisotopic (exact) mass is 427 g/mol. The summed E-state index contributed by atoms with van der Waals surface area (Å²) >= 11 is 6.25. The van der Waals surface area contributed by atoms with Crippen LogP contribution in [0.1, 0.15) is 19.4 Å². The van der Waals surface area contributed by atoms with E-state index in [1.165, 1.54) is 11.8 Å². The van der Waals surface area contributed by atoms with Gasteiger partial charge < -0.3 is 9.47 Å². The lowest BCUT2D eigenvalue weighted by Crippen LogP contribution is -2.00. The summed E-state index contributed by atoms with van der Waals surface area (Å²) in [5.41, 5.74) is 1.27. The minimum atomic E-state index is -0.0352. The van der Waals surface area contributed by atoms with Crippen LogP contribution in [0.3, 0.4) is 0 Å². The normalized spacial score (nSPS) is 15.5. The van der Waals surface area contributed by atoms with Crippen molar-refractivity contribution in [2.24, 2.45) is 4.99 Å². The average Bonchev–Trinajstić information content (AvgIpc) is 2.87. The Morgan fingerprint density at radius 2 is 2.17 bits per heavy atom. The molecule has 24 heavy (non-hydrogen) atoms. The molecule has 0 amide bonds. The van der Waals surface area contributed by atoms with Crippen molar-refractivity contribution in [3.63, 3.8) is 0 Å². The molecule has 7 heteroatoms. The first-order valence-corrected chi connectivity index (χ1v) is 10.0. The van der Waals surface area contributed by atoms with Crippen molar-refractivity contribution in [2.45, 2.75) is 13.8 Å². The van der Waals surface area contributed by atoms with Gasteiger partial charge in [-0.15, -0.1) is 0 Å². The molecule has 1 aromatic carbocycles. The number of rotatable bonds is 7. The topological polar surface area (TPSA) is 47.9 Å². The van der Waals surface area contributed by atoms with Gasteiger partial charge >= 0.3 is 0 Å². The second kappa shape index (κ2) is 9.34. The fourth-order valence-electron chi connectivity index (χ4n) is 1.95. The number of halogens is 1. The number of hydrogen-bond acceptors (Lipinski definition) is 6. The summed E-state index contributed by atoms with van der Waals surface area (Å²) in [5.74, 6) is 2.13. The summed E-state index contributed by atoms with van der Waals surface area (Å²) in [5, 5.41) is -0.0352. The zero-order valence-electron chi connectivity index (χ0n) is 13.5. The number of nitrogens with zero attached hydrogens (tertiary/aromatic N) is 1. The predicted molar refractivity (Wildman–Crippen MR) is 107 cm³/mol. The van der Waals surface area contributed by atoms with Gasteiger partial charge in [0.05, 0.1) is 11.1 Å². The maximum Gasteiger partial charge on any atom is 0.244 e. The van der Waals surface area contributed by atoms with Crippen molar-refractivity contribution in [2.75, 3.05) is 19.0 Å². The van der Waals surface area contributed by atoms with Crippen LogP contribution < -0.4 is 9.47 Å². The average molecular weight is 428 g/mol. The van der Waals surface area contributed by atoms with Crippen molar-refractivity contribution < 1.29 is 14.3 Å². The third-order valence-electron chi connectivity index (χ3n) is 2.85. The van der Waals surface area contributed by atoms with Crippen LogP contribution in [0.4, 0.5) is 0 Å². The van der Waals surface area contributed by atoms with E-state index in [0.29, 0.717) is 30.4 Å².